The van der Waals surface area contributed by atoms with Gasteiger partial charge in [-0.3, -0.25) is 9.59 Å². The van der Waals surface area contributed by atoms with Crippen LogP contribution in [0.15, 0.2) is 24.3 Å². The number of carbonyl (C=O) groups excluding carboxylic acids is 2. The van der Waals surface area contributed by atoms with Gasteiger partial charge < -0.3 is 9.64 Å². The molecule has 0 saturated carbocycles. The Morgan fingerprint density at radius 1 is 1.32 bits per heavy atom. The van der Waals surface area contributed by atoms with E-state index in [4.69, 9.17) is 4.74 Å². The second-order valence-corrected chi connectivity index (χ2v) is 11.2. The lowest BCUT2D eigenvalue weighted by Crippen LogP contribution is -2.27. The van der Waals surface area contributed by atoms with Gasteiger partial charge in [0.15, 0.2) is 0 Å². The number of anilines is 1. The van der Waals surface area contributed by atoms with E-state index in [1.807, 2.05) is 24.3 Å². The van der Waals surface area contributed by atoms with E-state index in [9.17, 15) is 9.59 Å². The molecule has 2 rings (SSSR count). The number of nitrogens with zero attached hydrogens (tertiary/aromatic N) is 1. The smallest absolute Gasteiger partial charge is 0.311 e. The molecule has 0 aliphatic carbocycles. The normalized spacial score (nSPS) is 17.9. The summed E-state index contributed by atoms with van der Waals surface area (Å²) in [5.74, 6) is 2.43. The fourth-order valence-corrected chi connectivity index (χ4v) is 2.84. The predicted octanol–water partition coefficient (Wildman–Crippen LogP) is 2.44. The fourth-order valence-electron chi connectivity index (χ4n) is 2.33. The third kappa shape index (κ3) is 3.77. The Morgan fingerprint density at radius 3 is 2.64 bits per heavy atom. The van der Waals surface area contributed by atoms with Crippen LogP contribution in [0.4, 0.5) is 5.69 Å². The Labute approximate surface area is 132 Å². The average molecular weight is 315 g/mol. The summed E-state index contributed by atoms with van der Waals surface area (Å²) < 4.78 is 4.75. The van der Waals surface area contributed by atoms with Crippen LogP contribution in [-0.4, -0.2) is 33.6 Å². The summed E-state index contributed by atoms with van der Waals surface area (Å²) in [4.78, 5) is 25.5. The first-order valence-corrected chi connectivity index (χ1v) is 10.8. The standard InChI is InChI=1S/C17H21NO3Si/c1-21-17(20)14-11-16(19)18(12-14)15-8-6-5-7-13(15)9-10-22(2,3)4/h5-8,14H,11-12H2,1-4H3. The molecule has 0 spiro atoms. The third-order valence-electron chi connectivity index (χ3n) is 3.43. The number of hydrogen-bond donors (Lipinski definition) is 0. The summed E-state index contributed by atoms with van der Waals surface area (Å²) in [5, 5.41) is 0. The number of hydrogen-bond acceptors (Lipinski definition) is 3. The van der Waals surface area contributed by atoms with Crippen molar-refractivity contribution in [1.82, 2.24) is 0 Å². The summed E-state index contributed by atoms with van der Waals surface area (Å²) in [6.07, 6.45) is 0.197. The molecule has 0 radical (unpaired) electrons. The maximum Gasteiger partial charge on any atom is 0.311 e. The highest BCUT2D eigenvalue weighted by molar-refractivity contribution is 6.83. The van der Waals surface area contributed by atoms with Crippen LogP contribution < -0.4 is 4.90 Å². The molecule has 22 heavy (non-hydrogen) atoms. The minimum Gasteiger partial charge on any atom is -0.469 e. The highest BCUT2D eigenvalue weighted by Gasteiger charge is 2.36. The van der Waals surface area contributed by atoms with Gasteiger partial charge >= 0.3 is 5.97 Å². The first-order valence-electron chi connectivity index (χ1n) is 7.32. The summed E-state index contributed by atoms with van der Waals surface area (Å²) in [5.41, 5.74) is 4.94. The van der Waals surface area contributed by atoms with E-state index >= 15 is 0 Å². The Morgan fingerprint density at radius 2 is 2.00 bits per heavy atom. The molecule has 5 heteroatoms. The van der Waals surface area contributed by atoms with E-state index in [2.05, 4.69) is 31.1 Å². The zero-order valence-corrected chi connectivity index (χ0v) is 14.5. The van der Waals surface area contributed by atoms with Crippen LogP contribution in [0.1, 0.15) is 12.0 Å². The first-order chi connectivity index (χ1) is 10.3. The SMILES string of the molecule is COC(=O)C1CC(=O)N(c2ccccc2C#C[Si](C)(C)C)C1. The monoisotopic (exact) mass is 315 g/mol. The van der Waals surface area contributed by atoms with Crippen molar-refractivity contribution in [1.29, 1.82) is 0 Å². The number of carbonyl (C=O) groups is 2. The van der Waals surface area contributed by atoms with Crippen LogP contribution in [0.5, 0.6) is 0 Å². The molecule has 0 aromatic heterocycles. The number of benzene rings is 1. The molecule has 1 heterocycles. The van der Waals surface area contributed by atoms with Gasteiger partial charge in [0.25, 0.3) is 0 Å². The predicted molar refractivity (Wildman–Crippen MR) is 89.1 cm³/mol. The molecular weight excluding hydrogens is 294 g/mol. The van der Waals surface area contributed by atoms with Crippen LogP contribution in [0.2, 0.25) is 19.6 Å². The number of rotatable bonds is 2. The molecule has 1 amide bonds. The Kier molecular flexibility index (Phi) is 4.72. The Balaban J connectivity index is 2.31. The summed E-state index contributed by atoms with van der Waals surface area (Å²) in [6, 6.07) is 7.59. The maximum atomic E-state index is 12.2. The van der Waals surface area contributed by atoms with Crippen molar-refractivity contribution >= 4 is 25.6 Å². The fraction of sp³-hybridized carbons (Fsp3) is 0.412. The van der Waals surface area contributed by atoms with Gasteiger partial charge in [-0.05, 0) is 12.1 Å². The van der Waals surface area contributed by atoms with Crippen molar-refractivity contribution in [2.24, 2.45) is 5.92 Å². The topological polar surface area (TPSA) is 46.6 Å². The van der Waals surface area contributed by atoms with Crippen LogP contribution >= 0.6 is 0 Å². The van der Waals surface area contributed by atoms with Gasteiger partial charge in [-0.1, -0.05) is 37.7 Å². The number of methoxy groups -OCH3 is 1. The number of amides is 1. The zero-order valence-electron chi connectivity index (χ0n) is 13.5. The van der Waals surface area contributed by atoms with Gasteiger partial charge in [-0.15, -0.1) is 5.54 Å². The lowest BCUT2D eigenvalue weighted by Gasteiger charge is -2.18. The lowest BCUT2D eigenvalue weighted by molar-refractivity contribution is -0.145. The largest absolute Gasteiger partial charge is 0.469 e. The lowest BCUT2D eigenvalue weighted by atomic mass is 10.1. The summed E-state index contributed by atoms with van der Waals surface area (Å²) >= 11 is 0. The minimum absolute atomic E-state index is 0.0577. The highest BCUT2D eigenvalue weighted by atomic mass is 28.3. The van der Waals surface area contributed by atoms with Crippen molar-refractivity contribution in [3.05, 3.63) is 29.8 Å². The van der Waals surface area contributed by atoms with Gasteiger partial charge in [0.1, 0.15) is 8.07 Å². The number of esters is 1. The zero-order chi connectivity index (χ0) is 16.3. The van der Waals surface area contributed by atoms with E-state index < -0.39 is 14.0 Å². The van der Waals surface area contributed by atoms with E-state index in [1.54, 1.807) is 4.90 Å². The molecule has 1 aliphatic rings. The van der Waals surface area contributed by atoms with E-state index in [-0.39, 0.29) is 18.3 Å². The third-order valence-corrected chi connectivity index (χ3v) is 4.30. The molecule has 1 fully saturated rings. The molecule has 1 aromatic rings. The van der Waals surface area contributed by atoms with Gasteiger partial charge in [0.2, 0.25) is 5.91 Å². The van der Waals surface area contributed by atoms with Gasteiger partial charge in [-0.2, -0.15) is 0 Å². The van der Waals surface area contributed by atoms with Crippen molar-refractivity contribution < 1.29 is 14.3 Å². The Bertz CT molecular complexity index is 652. The van der Waals surface area contributed by atoms with Crippen LogP contribution in [0, 0.1) is 17.4 Å². The van der Waals surface area contributed by atoms with Crippen molar-refractivity contribution in [2.75, 3.05) is 18.6 Å². The summed E-state index contributed by atoms with van der Waals surface area (Å²) in [6.45, 7) is 6.89. The minimum atomic E-state index is -1.50. The molecule has 4 nitrogen and oxygen atoms in total. The van der Waals surface area contributed by atoms with Crippen molar-refractivity contribution in [2.45, 2.75) is 26.1 Å². The van der Waals surface area contributed by atoms with E-state index in [1.165, 1.54) is 7.11 Å². The van der Waals surface area contributed by atoms with Crippen molar-refractivity contribution in [3.63, 3.8) is 0 Å². The molecule has 1 saturated heterocycles. The van der Waals surface area contributed by atoms with Crippen LogP contribution in [0.25, 0.3) is 0 Å². The quantitative estimate of drug-likeness (QED) is 0.478. The second-order valence-electron chi connectivity index (χ2n) is 6.45. The van der Waals surface area contributed by atoms with Gasteiger partial charge in [-0.25, -0.2) is 0 Å². The number of para-hydroxylation sites is 1. The Hall–Kier alpha value is -2.06. The number of ether oxygens (including phenoxy) is 1. The molecule has 0 bridgehead atoms. The average Bonchev–Trinajstić information content (AvgIpc) is 2.85. The van der Waals surface area contributed by atoms with E-state index in [0.29, 0.717) is 6.54 Å². The van der Waals surface area contributed by atoms with Gasteiger partial charge in [0, 0.05) is 18.5 Å². The highest BCUT2D eigenvalue weighted by Crippen LogP contribution is 2.28. The summed E-state index contributed by atoms with van der Waals surface area (Å²) in [7, 11) is -0.145. The molecule has 1 atom stereocenters. The first kappa shape index (κ1) is 16.3. The van der Waals surface area contributed by atoms with Crippen molar-refractivity contribution in [3.8, 4) is 11.5 Å². The molecule has 1 aromatic carbocycles. The van der Waals surface area contributed by atoms with Crippen LogP contribution in [-0.2, 0) is 14.3 Å². The maximum absolute atomic E-state index is 12.2. The molecular formula is C17H21NO3Si. The molecule has 116 valence electrons. The molecule has 1 aliphatic heterocycles. The second kappa shape index (κ2) is 6.37. The van der Waals surface area contributed by atoms with Gasteiger partial charge in [0.05, 0.1) is 18.7 Å². The van der Waals surface area contributed by atoms with E-state index in [0.717, 1.165) is 11.3 Å². The molecule has 0 N–H and O–H groups in total. The molecule has 1 unspecified atom stereocenters. The van der Waals surface area contributed by atoms with Crippen LogP contribution in [0.3, 0.4) is 0 Å².